The maximum Gasteiger partial charge on any atom is 0.329 e. The molecule has 1 unspecified atom stereocenters. The van der Waals surface area contributed by atoms with Crippen LogP contribution in [0.1, 0.15) is 92.7 Å². The number of benzene rings is 3. The first-order valence-corrected chi connectivity index (χ1v) is 21.7. The van der Waals surface area contributed by atoms with E-state index >= 15 is 0 Å². The number of anilines is 1. The summed E-state index contributed by atoms with van der Waals surface area (Å²) < 4.78 is 13.1. The van der Waals surface area contributed by atoms with Crippen LogP contribution in [0.5, 0.6) is 11.5 Å². The number of halogens is 1. The Morgan fingerprint density at radius 3 is 2.53 bits per heavy atom. The fourth-order valence-electron chi connectivity index (χ4n) is 10.5. The average molecular weight is 791 g/mol. The zero-order chi connectivity index (χ0) is 39.4. The predicted molar refractivity (Wildman–Crippen MR) is 228 cm³/mol. The minimum atomic E-state index is -1.06. The van der Waals surface area contributed by atoms with E-state index in [4.69, 9.17) is 26.1 Å². The first-order valence-electron chi connectivity index (χ1n) is 21.3. The van der Waals surface area contributed by atoms with E-state index in [0.29, 0.717) is 48.8 Å². The summed E-state index contributed by atoms with van der Waals surface area (Å²) in [4.78, 5) is 22.8. The van der Waals surface area contributed by atoms with Gasteiger partial charge in [0.2, 0.25) is 0 Å². The van der Waals surface area contributed by atoms with Crippen molar-refractivity contribution >= 4 is 23.3 Å². The standard InChI is InChI=1S/C48H59ClN4O4/c1-34(33-57-44-16-21-50-43-13-6-8-35(2)45(43)44)28-38-29-37-14-15-41(56-27-26-52-22-24-53(25-23-52)32-36-9-4-3-5-10-36)31-42(37)47(38)17-19-48(20-18-47,46(54)55)51-40-12-7-11-39(49)30-40/h3-5,7,9-12,14-16,21,30-31,34-35,38,51H,6,8,13,17-20,22-29,32-33H2,1-2H3,(H,54,55)/t34-,35-,38?,47?,48?/m1/s1. The lowest BCUT2D eigenvalue weighted by Crippen LogP contribution is -2.53. The number of fused-ring (bicyclic) bond motifs is 3. The lowest BCUT2D eigenvalue weighted by molar-refractivity contribution is -0.144. The van der Waals surface area contributed by atoms with Crippen LogP contribution in [0.2, 0.25) is 5.02 Å². The van der Waals surface area contributed by atoms with Gasteiger partial charge in [-0.25, -0.2) is 4.79 Å². The Morgan fingerprint density at radius 1 is 0.965 bits per heavy atom. The van der Waals surface area contributed by atoms with E-state index in [2.05, 4.69) is 77.5 Å². The molecule has 302 valence electrons. The number of piperazine rings is 1. The molecule has 9 heteroatoms. The number of hydrogen-bond donors (Lipinski definition) is 2. The van der Waals surface area contributed by atoms with Gasteiger partial charge in [0.05, 0.1) is 6.61 Å². The molecule has 2 fully saturated rings. The van der Waals surface area contributed by atoms with Crippen molar-refractivity contribution < 1.29 is 19.4 Å². The number of aliphatic carboxylic acids is 1. The van der Waals surface area contributed by atoms with E-state index in [-0.39, 0.29) is 5.41 Å². The third-order valence-corrected chi connectivity index (χ3v) is 13.9. The molecule has 1 aromatic heterocycles. The Balaban J connectivity index is 0.956. The molecule has 57 heavy (non-hydrogen) atoms. The number of pyridine rings is 1. The SMILES string of the molecule is C[C@@H](COc1ccnc2c1[C@H](C)CCC2)CC1Cc2ccc(OCCN3CCN(Cc4ccccc4)CC3)cc2C12CCC(Nc1cccc(Cl)c1)(C(=O)O)CC2. The van der Waals surface area contributed by atoms with Crippen molar-refractivity contribution in [2.75, 3.05) is 51.3 Å². The van der Waals surface area contributed by atoms with Gasteiger partial charge >= 0.3 is 5.97 Å². The number of carbonyl (C=O) groups is 1. The average Bonchev–Trinajstić information content (AvgIpc) is 3.50. The maximum absolute atomic E-state index is 13.1. The van der Waals surface area contributed by atoms with Gasteiger partial charge in [-0.05, 0) is 134 Å². The summed E-state index contributed by atoms with van der Waals surface area (Å²) in [5.74, 6) is 2.26. The number of hydrogen-bond acceptors (Lipinski definition) is 7. The van der Waals surface area contributed by atoms with Crippen LogP contribution < -0.4 is 14.8 Å². The zero-order valence-electron chi connectivity index (χ0n) is 33.7. The largest absolute Gasteiger partial charge is 0.493 e. The normalized spacial score (nSPS) is 25.4. The maximum atomic E-state index is 13.1. The number of nitrogens with zero attached hydrogens (tertiary/aromatic N) is 3. The van der Waals surface area contributed by atoms with E-state index in [0.717, 1.165) is 88.6 Å². The number of rotatable bonds is 14. The number of carboxylic acids is 1. The Labute approximate surface area is 343 Å². The van der Waals surface area contributed by atoms with Crippen molar-refractivity contribution in [2.24, 2.45) is 11.8 Å². The highest BCUT2D eigenvalue weighted by Crippen LogP contribution is 2.57. The molecule has 2 heterocycles. The van der Waals surface area contributed by atoms with Crippen LogP contribution in [0.3, 0.4) is 0 Å². The smallest absolute Gasteiger partial charge is 0.329 e. The molecule has 2 N–H and O–H groups in total. The number of aryl methyl sites for hydroxylation is 1. The highest BCUT2D eigenvalue weighted by Gasteiger charge is 2.54. The first kappa shape index (κ1) is 39.7. The van der Waals surface area contributed by atoms with Crippen LogP contribution in [-0.2, 0) is 29.6 Å². The quantitative estimate of drug-likeness (QED) is 0.131. The van der Waals surface area contributed by atoms with Gasteiger partial charge in [0, 0.05) is 67.4 Å². The van der Waals surface area contributed by atoms with Gasteiger partial charge in [-0.3, -0.25) is 14.8 Å². The van der Waals surface area contributed by atoms with Crippen molar-refractivity contribution in [2.45, 2.75) is 95.1 Å². The number of carboxylic acid groups (broad SMARTS) is 1. The first-order chi connectivity index (χ1) is 27.7. The monoisotopic (exact) mass is 790 g/mol. The second kappa shape index (κ2) is 17.4. The summed E-state index contributed by atoms with van der Waals surface area (Å²) in [6, 6.07) is 26.9. The van der Waals surface area contributed by atoms with Crippen molar-refractivity contribution in [3.8, 4) is 11.5 Å². The third kappa shape index (κ3) is 8.84. The minimum absolute atomic E-state index is 0.142. The van der Waals surface area contributed by atoms with Crippen LogP contribution in [-0.4, -0.2) is 77.3 Å². The molecule has 1 spiro atoms. The molecule has 1 saturated heterocycles. The molecule has 0 bridgehead atoms. The Morgan fingerprint density at radius 2 is 1.75 bits per heavy atom. The molecule has 3 atom stereocenters. The number of nitrogens with one attached hydrogen (secondary N) is 1. The molecular weight excluding hydrogens is 732 g/mol. The summed E-state index contributed by atoms with van der Waals surface area (Å²) in [7, 11) is 0. The molecule has 4 aliphatic rings. The van der Waals surface area contributed by atoms with Crippen LogP contribution in [0.15, 0.2) is 85.1 Å². The molecule has 1 aliphatic heterocycles. The van der Waals surface area contributed by atoms with E-state index in [9.17, 15) is 9.90 Å². The molecule has 0 amide bonds. The molecule has 8 rings (SSSR count). The fourth-order valence-corrected chi connectivity index (χ4v) is 10.7. The van der Waals surface area contributed by atoms with Crippen molar-refractivity contribution in [1.82, 2.24) is 14.8 Å². The van der Waals surface area contributed by atoms with Crippen molar-refractivity contribution in [1.29, 1.82) is 0 Å². The van der Waals surface area contributed by atoms with Crippen molar-refractivity contribution in [3.05, 3.63) is 118 Å². The molecule has 0 radical (unpaired) electrons. The summed E-state index contributed by atoms with van der Waals surface area (Å²) in [6.45, 7) is 12.0. The Kier molecular flexibility index (Phi) is 12.1. The van der Waals surface area contributed by atoms with Crippen LogP contribution >= 0.6 is 11.6 Å². The van der Waals surface area contributed by atoms with Gasteiger partial charge in [0.25, 0.3) is 0 Å². The van der Waals surface area contributed by atoms with Gasteiger partial charge < -0.3 is 19.9 Å². The lowest BCUT2D eigenvalue weighted by Gasteiger charge is -2.47. The Bertz CT molecular complexity index is 1990. The van der Waals surface area contributed by atoms with Crippen LogP contribution in [0.25, 0.3) is 0 Å². The zero-order valence-corrected chi connectivity index (χ0v) is 34.5. The van der Waals surface area contributed by atoms with E-state index in [1.54, 1.807) is 0 Å². The van der Waals surface area contributed by atoms with E-state index < -0.39 is 11.5 Å². The predicted octanol–water partition coefficient (Wildman–Crippen LogP) is 9.40. The van der Waals surface area contributed by atoms with Crippen LogP contribution in [0.4, 0.5) is 5.69 Å². The highest BCUT2D eigenvalue weighted by atomic mass is 35.5. The summed E-state index contributed by atoms with van der Waals surface area (Å²) in [5.41, 5.74) is 6.13. The number of aromatic nitrogens is 1. The highest BCUT2D eigenvalue weighted by molar-refractivity contribution is 6.30. The second-order valence-corrected chi connectivity index (χ2v) is 17.9. The second-order valence-electron chi connectivity index (χ2n) is 17.5. The number of ether oxygens (including phenoxy) is 2. The minimum Gasteiger partial charge on any atom is -0.493 e. The molecule has 3 aliphatic carbocycles. The molecule has 3 aromatic carbocycles. The van der Waals surface area contributed by atoms with Gasteiger partial charge in [-0.2, -0.15) is 0 Å². The summed E-state index contributed by atoms with van der Waals surface area (Å²) in [5, 5.41) is 14.7. The van der Waals surface area contributed by atoms with Gasteiger partial charge in [-0.15, -0.1) is 0 Å². The molecule has 8 nitrogen and oxygen atoms in total. The summed E-state index contributed by atoms with van der Waals surface area (Å²) in [6.07, 6.45) is 9.89. The molecule has 1 saturated carbocycles. The van der Waals surface area contributed by atoms with E-state index in [1.165, 1.54) is 40.8 Å². The van der Waals surface area contributed by atoms with Crippen molar-refractivity contribution in [3.63, 3.8) is 0 Å². The molecular formula is C48H59ClN4O4. The lowest BCUT2D eigenvalue weighted by atomic mass is 9.59. The van der Waals surface area contributed by atoms with Crippen LogP contribution in [0, 0.1) is 11.8 Å². The third-order valence-electron chi connectivity index (χ3n) is 13.7. The fraction of sp³-hybridized carbons (Fsp3) is 0.500. The van der Waals surface area contributed by atoms with Gasteiger partial charge in [-0.1, -0.05) is 67.9 Å². The van der Waals surface area contributed by atoms with Gasteiger partial charge in [0.15, 0.2) is 0 Å². The summed E-state index contributed by atoms with van der Waals surface area (Å²) >= 11 is 6.33. The van der Waals surface area contributed by atoms with Gasteiger partial charge in [0.1, 0.15) is 23.6 Å². The van der Waals surface area contributed by atoms with E-state index in [1.807, 2.05) is 36.5 Å². The Hall–Kier alpha value is -4.11. The topological polar surface area (TPSA) is 87.2 Å². The molecule has 4 aromatic rings.